The lowest BCUT2D eigenvalue weighted by Gasteiger charge is -2.35. The van der Waals surface area contributed by atoms with Crippen LogP contribution in [0, 0.1) is 0 Å². The first-order valence-corrected chi connectivity index (χ1v) is 8.66. The van der Waals surface area contributed by atoms with Gasteiger partial charge in [-0.15, -0.1) is 6.58 Å². The van der Waals surface area contributed by atoms with Crippen LogP contribution in [0.5, 0.6) is 11.5 Å². The van der Waals surface area contributed by atoms with E-state index in [4.69, 9.17) is 9.47 Å². The summed E-state index contributed by atoms with van der Waals surface area (Å²) in [5, 5.41) is 2.86. The number of ether oxygens (including phenoxy) is 2. The molecule has 0 saturated carbocycles. The lowest BCUT2D eigenvalue weighted by atomic mass is 10.1. The summed E-state index contributed by atoms with van der Waals surface area (Å²) in [5.41, 5.74) is 0. The van der Waals surface area contributed by atoms with Crippen molar-refractivity contribution in [3.8, 4) is 11.5 Å². The normalized spacial score (nSPS) is 17.1. The van der Waals surface area contributed by atoms with Gasteiger partial charge in [-0.3, -0.25) is 9.69 Å². The third-order valence-corrected chi connectivity index (χ3v) is 4.27. The van der Waals surface area contributed by atoms with Gasteiger partial charge in [0.25, 0.3) is 0 Å². The van der Waals surface area contributed by atoms with Gasteiger partial charge < -0.3 is 14.8 Å². The zero-order chi connectivity index (χ0) is 17.4. The van der Waals surface area contributed by atoms with Crippen LogP contribution >= 0.6 is 0 Å². The minimum Gasteiger partial charge on any atom is -0.490 e. The zero-order valence-corrected chi connectivity index (χ0v) is 14.7. The second-order valence-electron chi connectivity index (χ2n) is 5.94. The Morgan fingerprint density at radius 2 is 2.04 bits per heavy atom. The molecule has 5 heteroatoms. The summed E-state index contributed by atoms with van der Waals surface area (Å²) >= 11 is 0. The van der Waals surface area contributed by atoms with Crippen molar-refractivity contribution >= 4 is 5.91 Å². The molecule has 1 aliphatic rings. The Labute approximate surface area is 144 Å². The molecule has 132 valence electrons. The smallest absolute Gasteiger partial charge is 0.237 e. The van der Waals surface area contributed by atoms with E-state index in [0.29, 0.717) is 13.2 Å². The molecular formula is C19H28N2O3. The Balaban J connectivity index is 1.84. The van der Waals surface area contributed by atoms with E-state index in [0.717, 1.165) is 37.4 Å². The van der Waals surface area contributed by atoms with Gasteiger partial charge in [-0.25, -0.2) is 0 Å². The number of benzene rings is 1. The number of nitrogens with zero attached hydrogens (tertiary/aromatic N) is 1. The molecular weight excluding hydrogens is 304 g/mol. The van der Waals surface area contributed by atoms with Gasteiger partial charge in [-0.1, -0.05) is 18.2 Å². The van der Waals surface area contributed by atoms with Crippen molar-refractivity contribution in [3.63, 3.8) is 0 Å². The molecule has 0 spiro atoms. The Kier molecular flexibility index (Phi) is 7.12. The summed E-state index contributed by atoms with van der Waals surface area (Å²) in [6, 6.07) is 7.66. The van der Waals surface area contributed by atoms with Crippen molar-refractivity contribution in [3.05, 3.63) is 36.9 Å². The highest BCUT2D eigenvalue weighted by Crippen LogP contribution is 2.29. The quantitative estimate of drug-likeness (QED) is 0.744. The molecule has 1 aliphatic heterocycles. The number of carbonyl (C=O) groups excluding carboxylic acids is 1. The van der Waals surface area contributed by atoms with Crippen LogP contribution in [-0.4, -0.2) is 49.2 Å². The van der Waals surface area contributed by atoms with Gasteiger partial charge in [0, 0.05) is 19.6 Å². The van der Waals surface area contributed by atoms with E-state index in [2.05, 4.69) is 16.8 Å². The molecule has 1 N–H and O–H groups in total. The van der Waals surface area contributed by atoms with Gasteiger partial charge in [0.05, 0.1) is 12.6 Å². The van der Waals surface area contributed by atoms with Crippen molar-refractivity contribution in [2.75, 3.05) is 26.2 Å². The molecule has 1 fully saturated rings. The van der Waals surface area contributed by atoms with Crippen LogP contribution in [-0.2, 0) is 4.79 Å². The lowest BCUT2D eigenvalue weighted by Crippen LogP contribution is -2.49. The van der Waals surface area contributed by atoms with Gasteiger partial charge in [0.15, 0.2) is 11.5 Å². The predicted octanol–water partition coefficient (Wildman–Crippen LogP) is 2.62. The summed E-state index contributed by atoms with van der Waals surface area (Å²) in [7, 11) is 0. The highest BCUT2D eigenvalue weighted by Gasteiger charge is 2.27. The fourth-order valence-corrected chi connectivity index (χ4v) is 2.87. The summed E-state index contributed by atoms with van der Waals surface area (Å²) in [4.78, 5) is 14.2. The van der Waals surface area contributed by atoms with Crippen LogP contribution in [0.25, 0.3) is 0 Å². The van der Waals surface area contributed by atoms with Crippen LogP contribution in [0.15, 0.2) is 36.9 Å². The summed E-state index contributed by atoms with van der Waals surface area (Å²) in [5.74, 6) is 1.64. The van der Waals surface area contributed by atoms with Gasteiger partial charge in [0.1, 0.15) is 6.10 Å². The van der Waals surface area contributed by atoms with Crippen LogP contribution < -0.4 is 14.8 Å². The number of likely N-dealkylation sites (tertiary alicyclic amines) is 1. The van der Waals surface area contributed by atoms with Crippen molar-refractivity contribution in [2.24, 2.45) is 0 Å². The van der Waals surface area contributed by atoms with Gasteiger partial charge in [-0.2, -0.15) is 0 Å². The molecule has 5 nitrogen and oxygen atoms in total. The van der Waals surface area contributed by atoms with Gasteiger partial charge >= 0.3 is 0 Å². The zero-order valence-electron chi connectivity index (χ0n) is 14.7. The van der Waals surface area contributed by atoms with Crippen LogP contribution in [0.2, 0.25) is 0 Å². The molecule has 1 aromatic carbocycles. The maximum atomic E-state index is 12.0. The SMILES string of the molecule is C=CCNC(=O)C(C)N1CCC(Oc2ccccc2OCC)CC1. The fraction of sp³-hybridized carbons (Fsp3) is 0.526. The van der Waals surface area contributed by atoms with Gasteiger partial charge in [0.2, 0.25) is 5.91 Å². The molecule has 0 aromatic heterocycles. The molecule has 1 unspecified atom stereocenters. The number of carbonyl (C=O) groups is 1. The number of rotatable bonds is 8. The standard InChI is InChI=1S/C19H28N2O3/c1-4-12-20-19(22)15(3)21-13-10-16(11-14-21)24-18-9-7-6-8-17(18)23-5-2/h4,6-9,15-16H,1,5,10-14H2,2-3H3,(H,20,22). The predicted molar refractivity (Wildman–Crippen MR) is 95.5 cm³/mol. The monoisotopic (exact) mass is 332 g/mol. The van der Waals surface area contributed by atoms with Crippen LogP contribution in [0.1, 0.15) is 26.7 Å². The van der Waals surface area contributed by atoms with E-state index in [-0.39, 0.29) is 18.1 Å². The van der Waals surface area contributed by atoms with Crippen molar-refractivity contribution in [2.45, 2.75) is 38.8 Å². The maximum Gasteiger partial charge on any atom is 0.237 e. The average Bonchev–Trinajstić information content (AvgIpc) is 2.61. The molecule has 1 heterocycles. The lowest BCUT2D eigenvalue weighted by molar-refractivity contribution is -0.126. The number of amides is 1. The summed E-state index contributed by atoms with van der Waals surface area (Å²) in [6.45, 7) is 10.4. The van der Waals surface area contributed by atoms with Crippen molar-refractivity contribution in [1.82, 2.24) is 10.2 Å². The van der Waals surface area contributed by atoms with Crippen LogP contribution in [0.3, 0.4) is 0 Å². The number of piperidine rings is 1. The van der Waals surface area contributed by atoms with Gasteiger partial charge in [-0.05, 0) is 38.8 Å². The van der Waals surface area contributed by atoms with E-state index in [9.17, 15) is 4.79 Å². The molecule has 2 rings (SSSR count). The minimum atomic E-state index is -0.124. The average molecular weight is 332 g/mol. The first-order valence-electron chi connectivity index (χ1n) is 8.66. The molecule has 1 aromatic rings. The highest BCUT2D eigenvalue weighted by molar-refractivity contribution is 5.81. The molecule has 1 amide bonds. The largest absolute Gasteiger partial charge is 0.490 e. The third kappa shape index (κ3) is 4.99. The molecule has 0 aliphatic carbocycles. The Bertz CT molecular complexity index is 539. The minimum absolute atomic E-state index is 0.0518. The summed E-state index contributed by atoms with van der Waals surface area (Å²) in [6.07, 6.45) is 3.66. The molecule has 1 saturated heterocycles. The number of nitrogens with one attached hydrogen (secondary N) is 1. The second-order valence-corrected chi connectivity index (χ2v) is 5.94. The Morgan fingerprint density at radius 1 is 1.38 bits per heavy atom. The first-order chi connectivity index (χ1) is 11.7. The Morgan fingerprint density at radius 3 is 2.67 bits per heavy atom. The highest BCUT2D eigenvalue weighted by atomic mass is 16.5. The molecule has 0 radical (unpaired) electrons. The number of hydrogen-bond acceptors (Lipinski definition) is 4. The second kappa shape index (κ2) is 9.33. The number of hydrogen-bond donors (Lipinski definition) is 1. The van der Waals surface area contributed by atoms with Crippen LogP contribution in [0.4, 0.5) is 0 Å². The number of para-hydroxylation sites is 2. The van der Waals surface area contributed by atoms with E-state index < -0.39 is 0 Å². The van der Waals surface area contributed by atoms with Crippen molar-refractivity contribution in [1.29, 1.82) is 0 Å². The maximum absolute atomic E-state index is 12.0. The van der Waals surface area contributed by atoms with E-state index in [1.165, 1.54) is 0 Å². The topological polar surface area (TPSA) is 50.8 Å². The molecule has 0 bridgehead atoms. The fourth-order valence-electron chi connectivity index (χ4n) is 2.87. The third-order valence-electron chi connectivity index (χ3n) is 4.27. The van der Waals surface area contributed by atoms with Crippen molar-refractivity contribution < 1.29 is 14.3 Å². The Hall–Kier alpha value is -2.01. The van der Waals surface area contributed by atoms with E-state index in [1.807, 2.05) is 38.1 Å². The molecule has 1 atom stereocenters. The summed E-state index contributed by atoms with van der Waals surface area (Å²) < 4.78 is 11.7. The van der Waals surface area contributed by atoms with E-state index >= 15 is 0 Å². The molecule has 24 heavy (non-hydrogen) atoms. The first kappa shape index (κ1) is 18.3. The van der Waals surface area contributed by atoms with E-state index in [1.54, 1.807) is 6.08 Å².